The summed E-state index contributed by atoms with van der Waals surface area (Å²) in [5, 5.41) is 17.2. The summed E-state index contributed by atoms with van der Waals surface area (Å²) in [6.45, 7) is 0.461. The largest absolute Gasteiger partial charge is 0.419 e. The minimum Gasteiger partial charge on any atom is -0.392 e. The second-order valence-electron chi connectivity index (χ2n) is 6.67. The number of hydrogen-bond acceptors (Lipinski definition) is 3. The molecule has 0 aliphatic carbocycles. The van der Waals surface area contributed by atoms with Crippen LogP contribution in [0.15, 0.2) is 42.6 Å². The number of aromatic nitrogens is 2. The van der Waals surface area contributed by atoms with Crippen LogP contribution in [-0.2, 0) is 19.3 Å². The summed E-state index contributed by atoms with van der Waals surface area (Å²) < 4.78 is 68.6. The second kappa shape index (κ2) is 8.72. The zero-order valence-electron chi connectivity index (χ0n) is 16.1. The van der Waals surface area contributed by atoms with E-state index in [1.54, 1.807) is 6.92 Å². The molecule has 0 unspecified atom stereocenters. The number of aliphatic hydroxyl groups excluding tert-OH is 1. The Bertz CT molecular complexity index is 1090. The number of benzene rings is 2. The Morgan fingerprint density at radius 2 is 1.90 bits per heavy atom. The average Bonchev–Trinajstić information content (AvgIpc) is 3.10. The van der Waals surface area contributed by atoms with Gasteiger partial charge in [0.25, 0.3) is 0 Å². The Kier molecular flexibility index (Phi) is 6.25. The first-order valence-electron chi connectivity index (χ1n) is 8.94. The van der Waals surface area contributed by atoms with Gasteiger partial charge in [-0.2, -0.15) is 18.3 Å². The molecule has 1 heterocycles. The Labute approximate surface area is 173 Å². The lowest BCUT2D eigenvalue weighted by Crippen LogP contribution is -2.30. The first-order chi connectivity index (χ1) is 14.6. The molecule has 0 aliphatic rings. The van der Waals surface area contributed by atoms with Crippen molar-refractivity contribution in [2.75, 3.05) is 5.32 Å². The molecule has 0 saturated carbocycles. The molecular formula is C20H17F5N4O2. The van der Waals surface area contributed by atoms with Gasteiger partial charge in [0.15, 0.2) is 0 Å². The van der Waals surface area contributed by atoms with E-state index in [0.717, 1.165) is 16.8 Å². The third kappa shape index (κ3) is 5.18. The zero-order chi connectivity index (χ0) is 22.8. The highest BCUT2D eigenvalue weighted by Crippen LogP contribution is 2.33. The number of urea groups is 1. The van der Waals surface area contributed by atoms with Crippen molar-refractivity contribution >= 4 is 11.7 Å². The van der Waals surface area contributed by atoms with Crippen molar-refractivity contribution in [1.29, 1.82) is 0 Å². The topological polar surface area (TPSA) is 79.2 Å². The molecule has 2 aromatic carbocycles. The number of alkyl halides is 3. The van der Waals surface area contributed by atoms with Crippen molar-refractivity contribution in [2.24, 2.45) is 0 Å². The van der Waals surface area contributed by atoms with Crippen molar-refractivity contribution < 1.29 is 31.9 Å². The molecular weight excluding hydrogens is 423 g/mol. The molecule has 0 aliphatic heterocycles. The standard InChI is InChI=1S/C20H17F5N4O2/c1-11-4-13(21)6-15(5-11)29-18(16(8-27-29)20(23,24)25)9-26-19(31)28-14-3-2-12(10-30)17(22)7-14/h2-8,30H,9-10H2,1H3,(H2,26,28,31). The van der Waals surface area contributed by atoms with E-state index in [1.807, 2.05) is 0 Å². The highest BCUT2D eigenvalue weighted by molar-refractivity contribution is 5.89. The Morgan fingerprint density at radius 3 is 2.52 bits per heavy atom. The lowest BCUT2D eigenvalue weighted by Gasteiger charge is -2.14. The molecule has 0 saturated heterocycles. The fourth-order valence-corrected chi connectivity index (χ4v) is 2.94. The van der Waals surface area contributed by atoms with Crippen molar-refractivity contribution in [2.45, 2.75) is 26.3 Å². The molecule has 0 spiro atoms. The van der Waals surface area contributed by atoms with Gasteiger partial charge in [-0.15, -0.1) is 0 Å². The lowest BCUT2D eigenvalue weighted by molar-refractivity contribution is -0.138. The fourth-order valence-electron chi connectivity index (χ4n) is 2.94. The average molecular weight is 440 g/mol. The van der Waals surface area contributed by atoms with Gasteiger partial charge in [-0.3, -0.25) is 0 Å². The van der Waals surface area contributed by atoms with Crippen LogP contribution in [0.1, 0.15) is 22.4 Å². The van der Waals surface area contributed by atoms with E-state index in [1.165, 1.54) is 24.3 Å². The maximum Gasteiger partial charge on any atom is 0.419 e. The molecule has 0 bridgehead atoms. The van der Waals surface area contributed by atoms with Gasteiger partial charge >= 0.3 is 12.2 Å². The van der Waals surface area contributed by atoms with Crippen LogP contribution in [0.5, 0.6) is 0 Å². The third-order valence-electron chi connectivity index (χ3n) is 4.34. The SMILES string of the molecule is Cc1cc(F)cc(-n2ncc(C(F)(F)F)c2CNC(=O)Nc2ccc(CO)c(F)c2)c1. The van der Waals surface area contributed by atoms with Gasteiger partial charge in [-0.25, -0.2) is 18.3 Å². The molecule has 3 rings (SSSR count). The van der Waals surface area contributed by atoms with Crippen molar-refractivity contribution in [3.8, 4) is 5.69 Å². The summed E-state index contributed by atoms with van der Waals surface area (Å²) in [4.78, 5) is 12.1. The molecule has 1 aromatic heterocycles. The van der Waals surface area contributed by atoms with Gasteiger partial charge in [0.2, 0.25) is 0 Å². The van der Waals surface area contributed by atoms with Crippen LogP contribution in [-0.4, -0.2) is 20.9 Å². The first-order valence-corrected chi connectivity index (χ1v) is 8.94. The number of amides is 2. The summed E-state index contributed by atoms with van der Waals surface area (Å²) in [5.41, 5.74) is -0.897. The van der Waals surface area contributed by atoms with E-state index < -0.39 is 48.3 Å². The van der Waals surface area contributed by atoms with Gasteiger partial charge in [0.05, 0.1) is 36.3 Å². The van der Waals surface area contributed by atoms with Crippen LogP contribution in [0.2, 0.25) is 0 Å². The van der Waals surface area contributed by atoms with Gasteiger partial charge in [-0.1, -0.05) is 6.07 Å². The van der Waals surface area contributed by atoms with Crippen molar-refractivity contribution in [3.05, 3.63) is 76.6 Å². The smallest absolute Gasteiger partial charge is 0.392 e. The molecule has 3 N–H and O–H groups in total. The highest BCUT2D eigenvalue weighted by atomic mass is 19.4. The predicted octanol–water partition coefficient (Wildman–Crippen LogP) is 4.29. The molecule has 164 valence electrons. The molecule has 2 amide bonds. The minimum atomic E-state index is -4.75. The number of nitrogens with zero attached hydrogens (tertiary/aromatic N) is 2. The monoisotopic (exact) mass is 440 g/mol. The molecule has 0 atom stereocenters. The van der Waals surface area contributed by atoms with Gasteiger partial charge in [0.1, 0.15) is 11.6 Å². The number of carbonyl (C=O) groups is 1. The Balaban J connectivity index is 1.83. The zero-order valence-corrected chi connectivity index (χ0v) is 16.1. The summed E-state index contributed by atoms with van der Waals surface area (Å²) in [6, 6.07) is 6.34. The molecule has 3 aromatic rings. The predicted molar refractivity (Wildman–Crippen MR) is 101 cm³/mol. The Hall–Kier alpha value is -3.47. The maximum atomic E-state index is 13.7. The van der Waals surface area contributed by atoms with Crippen LogP contribution in [0.25, 0.3) is 5.69 Å². The second-order valence-corrected chi connectivity index (χ2v) is 6.67. The molecule has 0 fully saturated rings. The minimum absolute atomic E-state index is 0.0232. The number of hydrogen-bond donors (Lipinski definition) is 3. The summed E-state index contributed by atoms with van der Waals surface area (Å²) in [6.07, 6.45) is -4.16. The van der Waals surface area contributed by atoms with Crippen molar-refractivity contribution in [3.63, 3.8) is 0 Å². The molecule has 31 heavy (non-hydrogen) atoms. The molecule has 6 nitrogen and oxygen atoms in total. The van der Waals surface area contributed by atoms with Crippen LogP contribution in [0, 0.1) is 18.6 Å². The highest BCUT2D eigenvalue weighted by Gasteiger charge is 2.36. The van der Waals surface area contributed by atoms with Crippen LogP contribution < -0.4 is 10.6 Å². The van der Waals surface area contributed by atoms with E-state index in [2.05, 4.69) is 15.7 Å². The fraction of sp³-hybridized carbons (Fsp3) is 0.200. The van der Waals surface area contributed by atoms with Crippen LogP contribution in [0.3, 0.4) is 0 Å². The quantitative estimate of drug-likeness (QED) is 0.518. The van der Waals surface area contributed by atoms with E-state index in [0.29, 0.717) is 11.8 Å². The number of aliphatic hydroxyl groups is 1. The summed E-state index contributed by atoms with van der Waals surface area (Å²) >= 11 is 0. The molecule has 11 heteroatoms. The Morgan fingerprint density at radius 1 is 1.16 bits per heavy atom. The van der Waals surface area contributed by atoms with E-state index in [4.69, 9.17) is 5.11 Å². The number of carbonyl (C=O) groups excluding carboxylic acids is 1. The van der Waals surface area contributed by atoms with Gasteiger partial charge < -0.3 is 15.7 Å². The molecule has 0 radical (unpaired) electrons. The number of aryl methyl sites for hydroxylation is 1. The number of nitrogens with one attached hydrogen (secondary N) is 2. The van der Waals surface area contributed by atoms with E-state index >= 15 is 0 Å². The van der Waals surface area contributed by atoms with E-state index in [-0.39, 0.29) is 16.9 Å². The summed E-state index contributed by atoms with van der Waals surface area (Å²) in [5.74, 6) is -1.40. The number of anilines is 1. The van der Waals surface area contributed by atoms with Crippen LogP contribution >= 0.6 is 0 Å². The summed E-state index contributed by atoms with van der Waals surface area (Å²) in [7, 11) is 0. The van der Waals surface area contributed by atoms with Crippen molar-refractivity contribution in [1.82, 2.24) is 15.1 Å². The maximum absolute atomic E-state index is 13.7. The normalized spacial score (nSPS) is 11.5. The van der Waals surface area contributed by atoms with E-state index in [9.17, 15) is 26.7 Å². The number of rotatable bonds is 5. The number of halogens is 5. The van der Waals surface area contributed by atoms with Gasteiger partial charge in [-0.05, 0) is 42.8 Å². The lowest BCUT2D eigenvalue weighted by atomic mass is 10.2. The van der Waals surface area contributed by atoms with Gasteiger partial charge in [0, 0.05) is 11.3 Å². The third-order valence-corrected chi connectivity index (χ3v) is 4.34. The first kappa shape index (κ1) is 22.2. The van der Waals surface area contributed by atoms with Crippen LogP contribution in [0.4, 0.5) is 32.4 Å².